The lowest BCUT2D eigenvalue weighted by Gasteiger charge is -2.29. The molecule has 0 aromatic carbocycles. The Morgan fingerprint density at radius 3 is 1.75 bits per heavy atom. The van der Waals surface area contributed by atoms with Gasteiger partial charge in [-0.05, 0) is 20.8 Å². The van der Waals surface area contributed by atoms with Crippen molar-refractivity contribution in [3.05, 3.63) is 0 Å². The van der Waals surface area contributed by atoms with Gasteiger partial charge in [-0.3, -0.25) is 5.41 Å². The lowest BCUT2D eigenvalue weighted by Crippen LogP contribution is -2.36. The fourth-order valence-electron chi connectivity index (χ4n) is 0.194. The van der Waals surface area contributed by atoms with Gasteiger partial charge in [-0.25, -0.2) is 0 Å². The molecule has 0 aromatic rings. The fourth-order valence-corrected chi connectivity index (χ4v) is 0.194. The average Bonchev–Trinajstić information content (AvgIpc) is 1.62. The minimum Gasteiger partial charge on any atom is -0.361 e. The van der Waals surface area contributed by atoms with E-state index in [1.807, 2.05) is 11.9 Å². The van der Waals surface area contributed by atoms with E-state index in [1.165, 1.54) is 6.34 Å². The number of nitrogens with zero attached hydrogens (tertiary/aromatic N) is 1. The van der Waals surface area contributed by atoms with E-state index in [1.54, 1.807) is 0 Å². The van der Waals surface area contributed by atoms with Crippen molar-refractivity contribution in [1.82, 2.24) is 4.90 Å². The minimum absolute atomic E-state index is 0.0990. The number of rotatable bonds is 1. The average molecular weight is 114 g/mol. The third-order valence-electron chi connectivity index (χ3n) is 1.25. The van der Waals surface area contributed by atoms with Crippen LogP contribution in [0.25, 0.3) is 0 Å². The molecule has 1 N–H and O–H groups in total. The predicted molar refractivity (Wildman–Crippen MR) is 36.3 cm³/mol. The van der Waals surface area contributed by atoms with Crippen LogP contribution in [0.1, 0.15) is 20.8 Å². The molecule has 0 saturated heterocycles. The quantitative estimate of drug-likeness (QED) is 0.404. The summed E-state index contributed by atoms with van der Waals surface area (Å²) in [5.41, 5.74) is 0.0990. The van der Waals surface area contributed by atoms with Gasteiger partial charge < -0.3 is 4.90 Å². The number of hydrogen-bond acceptors (Lipinski definition) is 1. The van der Waals surface area contributed by atoms with Gasteiger partial charge in [-0.2, -0.15) is 0 Å². The summed E-state index contributed by atoms with van der Waals surface area (Å²) in [5, 5.41) is 6.87. The standard InChI is InChI=1S/C6H14N2/c1-6(2,3)8(4)5-7/h5,7H,1-4H3. The molecule has 2 nitrogen and oxygen atoms in total. The van der Waals surface area contributed by atoms with Crippen molar-refractivity contribution in [3.63, 3.8) is 0 Å². The van der Waals surface area contributed by atoms with Gasteiger partial charge in [0.25, 0.3) is 0 Å². The van der Waals surface area contributed by atoms with Gasteiger partial charge >= 0.3 is 0 Å². The molecule has 0 fully saturated rings. The first kappa shape index (κ1) is 7.47. The number of nitrogens with one attached hydrogen (secondary N) is 1. The minimum atomic E-state index is 0.0990. The molecule has 0 saturated carbocycles. The SMILES string of the molecule is CN(C=N)C(C)(C)C. The Bertz CT molecular complexity index is 81.0. The highest BCUT2D eigenvalue weighted by Crippen LogP contribution is 2.06. The zero-order valence-electron chi connectivity index (χ0n) is 6.02. The maximum Gasteiger partial charge on any atom is 0.0819 e. The highest BCUT2D eigenvalue weighted by Gasteiger charge is 2.12. The summed E-state index contributed by atoms with van der Waals surface area (Å²) in [6, 6.07) is 0. The Kier molecular flexibility index (Phi) is 2.02. The predicted octanol–water partition coefficient (Wildman–Crippen LogP) is 1.32. The summed E-state index contributed by atoms with van der Waals surface area (Å²) >= 11 is 0. The van der Waals surface area contributed by atoms with Crippen LogP contribution in [0, 0.1) is 5.41 Å². The van der Waals surface area contributed by atoms with Crippen LogP contribution in [-0.4, -0.2) is 23.8 Å². The molecule has 0 bridgehead atoms. The molecule has 0 radical (unpaired) electrons. The lowest BCUT2D eigenvalue weighted by molar-refractivity contribution is 0.289. The van der Waals surface area contributed by atoms with Crippen LogP contribution < -0.4 is 0 Å². The van der Waals surface area contributed by atoms with E-state index in [9.17, 15) is 0 Å². The fraction of sp³-hybridized carbons (Fsp3) is 0.833. The smallest absolute Gasteiger partial charge is 0.0819 e. The first-order valence-electron chi connectivity index (χ1n) is 2.72. The van der Waals surface area contributed by atoms with E-state index in [4.69, 9.17) is 5.41 Å². The molecular weight excluding hydrogens is 100 g/mol. The zero-order chi connectivity index (χ0) is 6.78. The van der Waals surface area contributed by atoms with Gasteiger partial charge in [0.15, 0.2) is 0 Å². The summed E-state index contributed by atoms with van der Waals surface area (Å²) in [5.74, 6) is 0. The zero-order valence-corrected chi connectivity index (χ0v) is 6.02. The molecule has 0 aliphatic carbocycles. The molecule has 0 amide bonds. The first-order chi connectivity index (χ1) is 3.48. The second-order valence-corrected chi connectivity index (χ2v) is 2.91. The van der Waals surface area contributed by atoms with Crippen molar-refractivity contribution in [2.75, 3.05) is 7.05 Å². The van der Waals surface area contributed by atoms with Crippen LogP contribution in [0.3, 0.4) is 0 Å². The van der Waals surface area contributed by atoms with Crippen LogP contribution in [0.15, 0.2) is 0 Å². The summed E-state index contributed by atoms with van der Waals surface area (Å²) < 4.78 is 0. The maximum absolute atomic E-state index is 6.87. The van der Waals surface area contributed by atoms with E-state index in [0.29, 0.717) is 0 Å². The van der Waals surface area contributed by atoms with Crippen molar-refractivity contribution < 1.29 is 0 Å². The van der Waals surface area contributed by atoms with E-state index in [0.717, 1.165) is 0 Å². The Labute approximate surface area is 51.0 Å². The van der Waals surface area contributed by atoms with Crippen LogP contribution in [0.2, 0.25) is 0 Å². The van der Waals surface area contributed by atoms with Crippen molar-refractivity contribution in [2.45, 2.75) is 26.3 Å². The summed E-state index contributed by atoms with van der Waals surface area (Å²) in [4.78, 5) is 1.85. The summed E-state index contributed by atoms with van der Waals surface area (Å²) in [6.45, 7) is 6.20. The van der Waals surface area contributed by atoms with E-state index in [2.05, 4.69) is 20.8 Å². The third kappa shape index (κ3) is 1.96. The van der Waals surface area contributed by atoms with Gasteiger partial charge in [0.05, 0.1) is 6.34 Å². The van der Waals surface area contributed by atoms with E-state index >= 15 is 0 Å². The van der Waals surface area contributed by atoms with Gasteiger partial charge in [0.2, 0.25) is 0 Å². The topological polar surface area (TPSA) is 27.1 Å². The van der Waals surface area contributed by atoms with Crippen LogP contribution in [0.4, 0.5) is 0 Å². The summed E-state index contributed by atoms with van der Waals surface area (Å²) in [7, 11) is 1.90. The molecule has 0 aromatic heterocycles. The van der Waals surface area contributed by atoms with Gasteiger partial charge in [-0.15, -0.1) is 0 Å². The van der Waals surface area contributed by atoms with Gasteiger partial charge in [0, 0.05) is 12.6 Å². The van der Waals surface area contributed by atoms with E-state index in [-0.39, 0.29) is 5.54 Å². The van der Waals surface area contributed by atoms with Crippen LogP contribution in [-0.2, 0) is 0 Å². The van der Waals surface area contributed by atoms with Crippen molar-refractivity contribution in [1.29, 1.82) is 5.41 Å². The Hall–Kier alpha value is -0.530. The monoisotopic (exact) mass is 114 g/mol. The Balaban J connectivity index is 3.80. The molecule has 2 heteroatoms. The second-order valence-electron chi connectivity index (χ2n) is 2.91. The van der Waals surface area contributed by atoms with E-state index < -0.39 is 0 Å². The molecule has 0 heterocycles. The third-order valence-corrected chi connectivity index (χ3v) is 1.25. The second kappa shape index (κ2) is 2.16. The van der Waals surface area contributed by atoms with Crippen LogP contribution >= 0.6 is 0 Å². The van der Waals surface area contributed by atoms with Crippen molar-refractivity contribution >= 4 is 6.34 Å². The molecule has 8 heavy (non-hydrogen) atoms. The Morgan fingerprint density at radius 1 is 1.38 bits per heavy atom. The lowest BCUT2D eigenvalue weighted by atomic mass is 10.1. The molecule has 0 aliphatic rings. The maximum atomic E-state index is 6.87. The molecule has 0 rings (SSSR count). The highest BCUT2D eigenvalue weighted by atomic mass is 15.2. The molecular formula is C6H14N2. The van der Waals surface area contributed by atoms with Gasteiger partial charge in [-0.1, -0.05) is 0 Å². The first-order valence-corrected chi connectivity index (χ1v) is 2.72. The van der Waals surface area contributed by atoms with Gasteiger partial charge in [0.1, 0.15) is 0 Å². The highest BCUT2D eigenvalue weighted by molar-refractivity contribution is 5.51. The molecule has 0 unspecified atom stereocenters. The number of hydrogen-bond donors (Lipinski definition) is 1. The van der Waals surface area contributed by atoms with Crippen molar-refractivity contribution in [3.8, 4) is 0 Å². The largest absolute Gasteiger partial charge is 0.361 e. The molecule has 0 atom stereocenters. The summed E-state index contributed by atoms with van der Waals surface area (Å²) in [6.07, 6.45) is 1.33. The Morgan fingerprint density at radius 2 is 1.75 bits per heavy atom. The van der Waals surface area contributed by atoms with Crippen LogP contribution in [0.5, 0.6) is 0 Å². The molecule has 48 valence electrons. The molecule has 0 spiro atoms. The molecule has 0 aliphatic heterocycles. The normalized spacial score (nSPS) is 11.0. The van der Waals surface area contributed by atoms with Crippen molar-refractivity contribution in [2.24, 2.45) is 0 Å².